The van der Waals surface area contributed by atoms with Crippen LogP contribution in [0.5, 0.6) is 0 Å². The Labute approximate surface area is 140 Å². The lowest BCUT2D eigenvalue weighted by atomic mass is 10.2. The van der Waals surface area contributed by atoms with Gasteiger partial charge in [-0.2, -0.15) is 0 Å². The second kappa shape index (κ2) is 8.40. The van der Waals surface area contributed by atoms with Crippen molar-refractivity contribution < 1.29 is 4.74 Å². The molecule has 2 N–H and O–H groups in total. The van der Waals surface area contributed by atoms with Crippen LogP contribution in [0, 0.1) is 0 Å². The van der Waals surface area contributed by atoms with E-state index in [0.717, 1.165) is 0 Å². The maximum atomic E-state index is 12.1. The third kappa shape index (κ3) is 4.61. The van der Waals surface area contributed by atoms with E-state index in [1.54, 1.807) is 19.3 Å². The Morgan fingerprint density at radius 2 is 2.30 bits per heavy atom. The van der Waals surface area contributed by atoms with Crippen molar-refractivity contribution in [2.75, 3.05) is 26.8 Å². The third-order valence-corrected chi connectivity index (χ3v) is 3.66. The zero-order chi connectivity index (χ0) is 16.7. The molecule has 7 heteroatoms. The molecule has 122 valence electrons. The zero-order valence-corrected chi connectivity index (χ0v) is 13.9. The van der Waals surface area contributed by atoms with Crippen LogP contribution in [-0.4, -0.2) is 46.8 Å². The molecule has 0 amide bonds. The summed E-state index contributed by atoms with van der Waals surface area (Å²) in [7, 11) is 1.63. The average molecular weight is 332 g/mol. The van der Waals surface area contributed by atoms with Gasteiger partial charge in [-0.25, -0.2) is 4.98 Å². The van der Waals surface area contributed by atoms with Crippen LogP contribution in [0.3, 0.4) is 0 Å². The number of thiocarbonyl (C=S) groups is 1. The molecule has 2 aromatic rings. The minimum atomic E-state index is -0.151. The van der Waals surface area contributed by atoms with Crippen molar-refractivity contribution in [1.29, 1.82) is 0 Å². The highest BCUT2D eigenvalue weighted by molar-refractivity contribution is 7.80. The zero-order valence-electron chi connectivity index (χ0n) is 13.0. The fourth-order valence-corrected chi connectivity index (χ4v) is 2.35. The lowest BCUT2D eigenvalue weighted by Gasteiger charge is -2.24. The Balaban J connectivity index is 2.22. The molecule has 0 aliphatic heterocycles. The van der Waals surface area contributed by atoms with E-state index >= 15 is 0 Å². The summed E-state index contributed by atoms with van der Waals surface area (Å²) in [5.74, 6) is 0.563. The number of methoxy groups -OCH3 is 1. The summed E-state index contributed by atoms with van der Waals surface area (Å²) in [6.07, 6.45) is 1.73. The highest BCUT2D eigenvalue weighted by atomic mass is 32.1. The standard InChI is InChI=1S/C16H20N4O2S/c1-3-8-17-16(23)20(9-10-22-2)11-14-18-13-7-5-4-6-12(13)15(21)19-14/h3-7H,1,8-11H2,2H3,(H,17,23)(H,18,19,21). The molecule has 0 saturated carbocycles. The van der Waals surface area contributed by atoms with Crippen molar-refractivity contribution in [1.82, 2.24) is 20.2 Å². The molecule has 0 saturated heterocycles. The number of fused-ring (bicyclic) bond motifs is 1. The number of rotatable bonds is 7. The van der Waals surface area contributed by atoms with Crippen molar-refractivity contribution >= 4 is 28.2 Å². The lowest BCUT2D eigenvalue weighted by molar-refractivity contribution is 0.173. The molecule has 1 aromatic heterocycles. The average Bonchev–Trinajstić information content (AvgIpc) is 2.56. The maximum Gasteiger partial charge on any atom is 0.258 e. The van der Waals surface area contributed by atoms with Crippen LogP contribution >= 0.6 is 12.2 Å². The SMILES string of the molecule is C=CCNC(=S)N(CCOC)Cc1nc2ccccc2c(=O)[nH]1. The van der Waals surface area contributed by atoms with Gasteiger partial charge in [0.1, 0.15) is 5.82 Å². The van der Waals surface area contributed by atoms with E-state index < -0.39 is 0 Å². The summed E-state index contributed by atoms with van der Waals surface area (Å²) in [4.78, 5) is 21.3. The fourth-order valence-electron chi connectivity index (χ4n) is 2.12. The minimum absolute atomic E-state index is 0.151. The molecule has 0 spiro atoms. The first-order valence-electron chi connectivity index (χ1n) is 7.26. The number of hydrogen-bond acceptors (Lipinski definition) is 4. The summed E-state index contributed by atoms with van der Waals surface area (Å²) >= 11 is 5.37. The van der Waals surface area contributed by atoms with Gasteiger partial charge in [0.2, 0.25) is 0 Å². The second-order valence-electron chi connectivity index (χ2n) is 4.92. The van der Waals surface area contributed by atoms with Crippen LogP contribution in [0.25, 0.3) is 10.9 Å². The normalized spacial score (nSPS) is 10.5. The second-order valence-corrected chi connectivity index (χ2v) is 5.31. The minimum Gasteiger partial charge on any atom is -0.383 e. The summed E-state index contributed by atoms with van der Waals surface area (Å²) in [5.41, 5.74) is 0.519. The molecule has 0 fully saturated rings. The fraction of sp³-hybridized carbons (Fsp3) is 0.312. The number of hydrogen-bond donors (Lipinski definition) is 2. The van der Waals surface area contributed by atoms with Gasteiger partial charge in [0, 0.05) is 20.2 Å². The molecule has 1 heterocycles. The highest BCUT2D eigenvalue weighted by Gasteiger charge is 2.12. The number of aromatic amines is 1. The molecule has 0 radical (unpaired) electrons. The van der Waals surface area contributed by atoms with Crippen LogP contribution in [-0.2, 0) is 11.3 Å². The summed E-state index contributed by atoms with van der Waals surface area (Å²) < 4.78 is 5.12. The smallest absolute Gasteiger partial charge is 0.258 e. The molecule has 0 unspecified atom stereocenters. The van der Waals surface area contributed by atoms with Gasteiger partial charge in [0.25, 0.3) is 5.56 Å². The summed E-state index contributed by atoms with van der Waals surface area (Å²) in [5, 5.41) is 4.22. The van der Waals surface area contributed by atoms with Crippen molar-refractivity contribution in [3.8, 4) is 0 Å². The van der Waals surface area contributed by atoms with Crippen molar-refractivity contribution in [2.24, 2.45) is 0 Å². The van der Waals surface area contributed by atoms with Crippen LogP contribution in [0.2, 0.25) is 0 Å². The Bertz CT molecular complexity index is 744. The van der Waals surface area contributed by atoms with E-state index in [1.165, 1.54) is 0 Å². The van der Waals surface area contributed by atoms with E-state index in [0.29, 0.717) is 48.1 Å². The van der Waals surface area contributed by atoms with Crippen molar-refractivity contribution in [3.63, 3.8) is 0 Å². The number of aromatic nitrogens is 2. The van der Waals surface area contributed by atoms with Crippen LogP contribution in [0.1, 0.15) is 5.82 Å². The van der Waals surface area contributed by atoms with E-state index in [4.69, 9.17) is 17.0 Å². The molecule has 0 aliphatic rings. The van der Waals surface area contributed by atoms with E-state index in [2.05, 4.69) is 21.9 Å². The number of ether oxygens (including phenoxy) is 1. The van der Waals surface area contributed by atoms with Crippen LogP contribution in [0.4, 0.5) is 0 Å². The number of nitrogens with one attached hydrogen (secondary N) is 2. The Kier molecular flexibility index (Phi) is 6.25. The Morgan fingerprint density at radius 3 is 3.04 bits per heavy atom. The molecule has 2 rings (SSSR count). The van der Waals surface area contributed by atoms with Gasteiger partial charge >= 0.3 is 0 Å². The molecular formula is C16H20N4O2S. The van der Waals surface area contributed by atoms with Gasteiger partial charge in [-0.3, -0.25) is 4.79 Å². The Hall–Kier alpha value is -2.25. The number of benzene rings is 1. The first-order chi connectivity index (χ1) is 11.2. The number of nitrogens with zero attached hydrogens (tertiary/aromatic N) is 2. The highest BCUT2D eigenvalue weighted by Crippen LogP contribution is 2.07. The monoisotopic (exact) mass is 332 g/mol. The quantitative estimate of drug-likeness (QED) is 0.590. The largest absolute Gasteiger partial charge is 0.383 e. The van der Waals surface area contributed by atoms with Crippen molar-refractivity contribution in [3.05, 3.63) is 53.1 Å². The molecule has 23 heavy (non-hydrogen) atoms. The topological polar surface area (TPSA) is 70.2 Å². The van der Waals surface area contributed by atoms with Gasteiger partial charge in [-0.05, 0) is 24.4 Å². The molecule has 0 bridgehead atoms. The molecule has 6 nitrogen and oxygen atoms in total. The predicted octanol–water partition coefficient (Wildman–Crippen LogP) is 1.43. The summed E-state index contributed by atoms with van der Waals surface area (Å²) in [6, 6.07) is 7.25. The molecular weight excluding hydrogens is 312 g/mol. The Morgan fingerprint density at radius 1 is 1.52 bits per heavy atom. The van der Waals surface area contributed by atoms with Gasteiger partial charge in [-0.15, -0.1) is 6.58 Å². The maximum absolute atomic E-state index is 12.1. The lowest BCUT2D eigenvalue weighted by Crippen LogP contribution is -2.41. The van der Waals surface area contributed by atoms with E-state index in [9.17, 15) is 4.79 Å². The van der Waals surface area contributed by atoms with Gasteiger partial charge in [-0.1, -0.05) is 18.2 Å². The number of para-hydroxylation sites is 1. The molecule has 1 aromatic carbocycles. The number of H-pyrrole nitrogens is 1. The first kappa shape index (κ1) is 17.1. The van der Waals surface area contributed by atoms with Crippen LogP contribution < -0.4 is 10.9 Å². The summed E-state index contributed by atoms with van der Waals surface area (Å²) in [6.45, 7) is 5.74. The molecule has 0 atom stereocenters. The van der Waals surface area contributed by atoms with Crippen LogP contribution in [0.15, 0.2) is 41.7 Å². The van der Waals surface area contributed by atoms with Gasteiger partial charge < -0.3 is 19.9 Å². The van der Waals surface area contributed by atoms with Gasteiger partial charge in [0.15, 0.2) is 5.11 Å². The van der Waals surface area contributed by atoms with E-state index in [-0.39, 0.29) is 5.56 Å². The first-order valence-corrected chi connectivity index (χ1v) is 7.67. The van der Waals surface area contributed by atoms with Crippen molar-refractivity contribution in [2.45, 2.75) is 6.54 Å². The van der Waals surface area contributed by atoms with E-state index in [1.807, 2.05) is 23.1 Å². The third-order valence-electron chi connectivity index (χ3n) is 3.25. The molecule has 0 aliphatic carbocycles. The van der Waals surface area contributed by atoms with Gasteiger partial charge in [0.05, 0.1) is 24.1 Å². The predicted molar refractivity (Wildman–Crippen MR) is 95.4 cm³/mol.